The molecule has 1 atom stereocenters. The van der Waals surface area contributed by atoms with Crippen LogP contribution in [-0.2, 0) is 0 Å². The minimum absolute atomic E-state index is 0.488. The van der Waals surface area contributed by atoms with Crippen molar-refractivity contribution in [2.75, 3.05) is 0 Å². The summed E-state index contributed by atoms with van der Waals surface area (Å²) in [5, 5.41) is 3.31. The van der Waals surface area contributed by atoms with E-state index in [9.17, 15) is 0 Å². The van der Waals surface area contributed by atoms with Crippen molar-refractivity contribution >= 4 is 15.9 Å². The highest BCUT2D eigenvalue weighted by Crippen LogP contribution is 1.99. The summed E-state index contributed by atoms with van der Waals surface area (Å²) in [6.07, 6.45) is 1.14. The minimum Gasteiger partial charge on any atom is -0.303 e. The number of alkyl halides is 1. The molecule has 0 fully saturated rings. The van der Waals surface area contributed by atoms with Crippen molar-refractivity contribution in [2.24, 2.45) is 0 Å². The topological polar surface area (TPSA) is 12.0 Å². The zero-order chi connectivity index (χ0) is 6.57. The van der Waals surface area contributed by atoms with Gasteiger partial charge in [0.15, 0.2) is 0 Å². The van der Waals surface area contributed by atoms with E-state index in [1.807, 2.05) is 0 Å². The summed E-state index contributed by atoms with van der Waals surface area (Å²) < 4.78 is 0. The van der Waals surface area contributed by atoms with Crippen LogP contribution in [0.5, 0.6) is 0 Å². The molecule has 50 valence electrons. The van der Waals surface area contributed by atoms with Gasteiger partial charge in [0.1, 0.15) is 0 Å². The minimum atomic E-state index is 0.488. The lowest BCUT2D eigenvalue weighted by Gasteiger charge is -2.11. The maximum absolute atomic E-state index is 3.47. The Balaban J connectivity index is 3.10. The lowest BCUT2D eigenvalue weighted by molar-refractivity contribution is 0.560. The molecule has 0 radical (unpaired) electrons. The van der Waals surface area contributed by atoms with Crippen molar-refractivity contribution in [3.8, 4) is 0 Å². The van der Waals surface area contributed by atoms with Crippen LogP contribution in [0.25, 0.3) is 0 Å². The second-order valence-corrected chi connectivity index (χ2v) is 3.30. The van der Waals surface area contributed by atoms with Gasteiger partial charge in [0.2, 0.25) is 0 Å². The molecule has 0 aliphatic heterocycles. The fourth-order valence-electron chi connectivity index (χ4n) is 0.480. The molecule has 0 spiro atoms. The SMILES string of the molecule is CCC(Br)NC(C)C. The van der Waals surface area contributed by atoms with E-state index in [0.717, 1.165) is 6.42 Å². The zero-order valence-electron chi connectivity index (χ0n) is 5.74. The molecular weight excluding hydrogens is 166 g/mol. The van der Waals surface area contributed by atoms with Crippen LogP contribution in [0.1, 0.15) is 27.2 Å². The van der Waals surface area contributed by atoms with Crippen molar-refractivity contribution in [3.05, 3.63) is 0 Å². The van der Waals surface area contributed by atoms with Gasteiger partial charge >= 0.3 is 0 Å². The Kier molecular flexibility index (Phi) is 4.57. The molecule has 0 aromatic heterocycles. The van der Waals surface area contributed by atoms with E-state index >= 15 is 0 Å². The molecule has 0 saturated carbocycles. The van der Waals surface area contributed by atoms with Gasteiger partial charge in [0, 0.05) is 6.04 Å². The van der Waals surface area contributed by atoms with Gasteiger partial charge in [-0.15, -0.1) is 0 Å². The first-order valence-electron chi connectivity index (χ1n) is 3.07. The van der Waals surface area contributed by atoms with E-state index in [-0.39, 0.29) is 0 Å². The first-order chi connectivity index (χ1) is 3.66. The molecule has 0 saturated heterocycles. The Bertz CT molecular complexity index is 54.5. The van der Waals surface area contributed by atoms with Crippen molar-refractivity contribution in [1.29, 1.82) is 0 Å². The van der Waals surface area contributed by atoms with Gasteiger partial charge < -0.3 is 5.32 Å². The molecule has 0 heterocycles. The van der Waals surface area contributed by atoms with Crippen molar-refractivity contribution in [2.45, 2.75) is 38.2 Å². The number of rotatable bonds is 3. The average Bonchev–Trinajstić information content (AvgIpc) is 1.65. The van der Waals surface area contributed by atoms with Crippen LogP contribution >= 0.6 is 15.9 Å². The van der Waals surface area contributed by atoms with E-state index < -0.39 is 0 Å². The standard InChI is InChI=1S/C6H14BrN/c1-4-6(7)8-5(2)3/h5-6,8H,4H2,1-3H3. The van der Waals surface area contributed by atoms with Gasteiger partial charge in [0.25, 0.3) is 0 Å². The summed E-state index contributed by atoms with van der Waals surface area (Å²) in [6, 6.07) is 0.583. The van der Waals surface area contributed by atoms with Crippen molar-refractivity contribution < 1.29 is 0 Å². The molecule has 2 heteroatoms. The summed E-state index contributed by atoms with van der Waals surface area (Å²) in [5.41, 5.74) is 0. The fraction of sp³-hybridized carbons (Fsp3) is 1.00. The molecule has 8 heavy (non-hydrogen) atoms. The first-order valence-corrected chi connectivity index (χ1v) is 3.98. The third-order valence-electron chi connectivity index (χ3n) is 0.873. The molecule has 0 rings (SSSR count). The quantitative estimate of drug-likeness (QED) is 0.518. The van der Waals surface area contributed by atoms with Gasteiger partial charge in [-0.2, -0.15) is 0 Å². The summed E-state index contributed by atoms with van der Waals surface area (Å²) in [7, 11) is 0. The van der Waals surface area contributed by atoms with Crippen LogP contribution in [0.3, 0.4) is 0 Å². The van der Waals surface area contributed by atoms with Crippen LogP contribution in [0.2, 0.25) is 0 Å². The van der Waals surface area contributed by atoms with Crippen LogP contribution in [0, 0.1) is 0 Å². The summed E-state index contributed by atoms with van der Waals surface area (Å²) in [5.74, 6) is 0. The fourth-order valence-corrected chi connectivity index (χ4v) is 1.01. The molecular formula is C6H14BrN. The number of hydrogen-bond donors (Lipinski definition) is 1. The van der Waals surface area contributed by atoms with Crippen molar-refractivity contribution in [1.82, 2.24) is 5.32 Å². The molecule has 0 aliphatic rings. The monoisotopic (exact) mass is 179 g/mol. The van der Waals surface area contributed by atoms with E-state index in [1.54, 1.807) is 0 Å². The van der Waals surface area contributed by atoms with Crippen LogP contribution < -0.4 is 5.32 Å². The second kappa shape index (κ2) is 4.33. The van der Waals surface area contributed by atoms with Crippen molar-refractivity contribution in [3.63, 3.8) is 0 Å². The largest absolute Gasteiger partial charge is 0.303 e. The molecule has 0 aromatic rings. The molecule has 1 N–H and O–H groups in total. The highest BCUT2D eigenvalue weighted by molar-refractivity contribution is 9.09. The smallest absolute Gasteiger partial charge is 0.0629 e. The predicted molar refractivity (Wildman–Crippen MR) is 41.3 cm³/mol. The number of halogens is 1. The Labute approximate surface area is 60.0 Å². The second-order valence-electron chi connectivity index (χ2n) is 2.20. The van der Waals surface area contributed by atoms with Gasteiger partial charge in [-0.3, -0.25) is 0 Å². The Morgan fingerprint density at radius 1 is 1.50 bits per heavy atom. The van der Waals surface area contributed by atoms with Gasteiger partial charge in [-0.1, -0.05) is 22.9 Å². The molecule has 0 aliphatic carbocycles. The first kappa shape index (κ1) is 8.44. The van der Waals surface area contributed by atoms with Gasteiger partial charge in [0.05, 0.1) is 4.95 Å². The highest BCUT2D eigenvalue weighted by atomic mass is 79.9. The predicted octanol–water partition coefficient (Wildman–Crippen LogP) is 2.12. The van der Waals surface area contributed by atoms with E-state index in [2.05, 4.69) is 42.0 Å². The molecule has 1 nitrogen and oxygen atoms in total. The lowest BCUT2D eigenvalue weighted by atomic mass is 10.4. The van der Waals surface area contributed by atoms with Gasteiger partial charge in [-0.05, 0) is 20.3 Å². The van der Waals surface area contributed by atoms with E-state index in [4.69, 9.17) is 0 Å². The van der Waals surface area contributed by atoms with Gasteiger partial charge in [-0.25, -0.2) is 0 Å². The molecule has 0 amide bonds. The summed E-state index contributed by atoms with van der Waals surface area (Å²) >= 11 is 3.47. The highest BCUT2D eigenvalue weighted by Gasteiger charge is 1.99. The molecule has 1 unspecified atom stereocenters. The van der Waals surface area contributed by atoms with E-state index in [1.165, 1.54) is 0 Å². The third kappa shape index (κ3) is 4.60. The number of nitrogens with one attached hydrogen (secondary N) is 1. The Morgan fingerprint density at radius 3 is 2.12 bits per heavy atom. The lowest BCUT2D eigenvalue weighted by Crippen LogP contribution is -2.29. The Morgan fingerprint density at radius 2 is 2.00 bits per heavy atom. The summed E-state index contributed by atoms with van der Waals surface area (Å²) in [4.78, 5) is 0.488. The van der Waals surface area contributed by atoms with Crippen LogP contribution in [-0.4, -0.2) is 11.0 Å². The third-order valence-corrected chi connectivity index (χ3v) is 1.78. The maximum atomic E-state index is 3.47. The molecule has 0 aromatic carbocycles. The summed E-state index contributed by atoms with van der Waals surface area (Å²) in [6.45, 7) is 6.43. The Hall–Kier alpha value is 0.440. The molecule has 0 bridgehead atoms. The van der Waals surface area contributed by atoms with Crippen LogP contribution in [0.4, 0.5) is 0 Å². The van der Waals surface area contributed by atoms with Crippen LogP contribution in [0.15, 0.2) is 0 Å². The average molecular weight is 180 g/mol. The van der Waals surface area contributed by atoms with E-state index in [0.29, 0.717) is 11.0 Å². The normalized spacial score (nSPS) is 14.6. The zero-order valence-corrected chi connectivity index (χ0v) is 7.33. The maximum Gasteiger partial charge on any atom is 0.0629 e. The number of hydrogen-bond acceptors (Lipinski definition) is 1.